The Hall–Kier alpha value is -2.57. The van der Waals surface area contributed by atoms with Gasteiger partial charge in [-0.05, 0) is 36.6 Å². The highest BCUT2D eigenvalue weighted by molar-refractivity contribution is 5.81. The van der Waals surface area contributed by atoms with Crippen LogP contribution < -0.4 is 14.8 Å². The Balaban J connectivity index is 1.28. The summed E-state index contributed by atoms with van der Waals surface area (Å²) in [6.07, 6.45) is 1.98. The molecule has 1 saturated heterocycles. The number of benzene rings is 2. The number of carbonyl (C=O) groups is 1. The number of nitrogens with one attached hydrogen (secondary N) is 1. The Kier molecular flexibility index (Phi) is 7.10. The Morgan fingerprint density at radius 1 is 1.03 bits per heavy atom. The molecule has 1 amide bonds. The maximum Gasteiger partial charge on any atom is 0.237 e. The van der Waals surface area contributed by atoms with Crippen LogP contribution in [0.1, 0.15) is 43.9 Å². The molecule has 6 heteroatoms. The van der Waals surface area contributed by atoms with Crippen LogP contribution in [0, 0.1) is 0 Å². The highest BCUT2D eigenvalue weighted by atomic mass is 16.7. The second-order valence-electron chi connectivity index (χ2n) is 8.44. The fraction of sp³-hybridized carbons (Fsp3) is 0.480. The zero-order valence-corrected chi connectivity index (χ0v) is 18.5. The normalized spacial score (nSPS) is 18.5. The van der Waals surface area contributed by atoms with E-state index >= 15 is 0 Å². The molecule has 2 aromatic carbocycles. The van der Waals surface area contributed by atoms with Gasteiger partial charge in [0.2, 0.25) is 12.7 Å². The maximum atomic E-state index is 13.0. The van der Waals surface area contributed by atoms with Gasteiger partial charge in [0.25, 0.3) is 0 Å². The van der Waals surface area contributed by atoms with Gasteiger partial charge in [0.1, 0.15) is 0 Å². The van der Waals surface area contributed by atoms with E-state index in [-0.39, 0.29) is 18.0 Å². The predicted molar refractivity (Wildman–Crippen MR) is 121 cm³/mol. The van der Waals surface area contributed by atoms with Crippen molar-refractivity contribution in [1.82, 2.24) is 15.1 Å². The fourth-order valence-corrected chi connectivity index (χ4v) is 4.36. The first-order chi connectivity index (χ1) is 15.1. The lowest BCUT2D eigenvalue weighted by Crippen LogP contribution is -2.53. The SMILES string of the molecule is CCC[C@@H](NC(=O)[C@H](C)N1CCN(Cc2ccc3c(c2)OCO3)CC1)c1ccccc1. The molecular weight excluding hydrogens is 390 g/mol. The van der Waals surface area contributed by atoms with Crippen molar-refractivity contribution < 1.29 is 14.3 Å². The lowest BCUT2D eigenvalue weighted by Gasteiger charge is -2.38. The molecule has 1 N–H and O–H groups in total. The number of rotatable bonds is 8. The number of ether oxygens (including phenoxy) is 2. The lowest BCUT2D eigenvalue weighted by atomic mass is 10.0. The van der Waals surface area contributed by atoms with Gasteiger partial charge in [0.15, 0.2) is 11.5 Å². The first-order valence-corrected chi connectivity index (χ1v) is 11.3. The minimum Gasteiger partial charge on any atom is -0.454 e. The van der Waals surface area contributed by atoms with Crippen LogP contribution in [0.4, 0.5) is 0 Å². The van der Waals surface area contributed by atoms with Crippen molar-refractivity contribution in [3.05, 3.63) is 59.7 Å². The molecule has 2 atom stereocenters. The lowest BCUT2D eigenvalue weighted by molar-refractivity contribution is -0.127. The van der Waals surface area contributed by atoms with Crippen LogP contribution in [-0.2, 0) is 11.3 Å². The average molecular weight is 424 g/mol. The van der Waals surface area contributed by atoms with Gasteiger partial charge in [-0.2, -0.15) is 0 Å². The molecule has 0 spiro atoms. The van der Waals surface area contributed by atoms with E-state index in [4.69, 9.17) is 9.47 Å². The van der Waals surface area contributed by atoms with Gasteiger partial charge in [-0.3, -0.25) is 14.6 Å². The zero-order chi connectivity index (χ0) is 21.6. The summed E-state index contributed by atoms with van der Waals surface area (Å²) in [5, 5.41) is 3.29. The summed E-state index contributed by atoms with van der Waals surface area (Å²) >= 11 is 0. The summed E-state index contributed by atoms with van der Waals surface area (Å²) in [5.74, 6) is 1.78. The molecule has 6 nitrogen and oxygen atoms in total. The number of nitrogens with zero attached hydrogens (tertiary/aromatic N) is 2. The smallest absolute Gasteiger partial charge is 0.237 e. The standard InChI is InChI=1S/C25H33N3O3/c1-3-7-22(21-8-5-4-6-9-21)26-25(29)19(2)28-14-12-27(13-15-28)17-20-10-11-23-24(16-20)31-18-30-23/h4-6,8-11,16,19,22H,3,7,12-15,17-18H2,1-2H3,(H,26,29)/t19-,22+/m0/s1. The van der Waals surface area contributed by atoms with Crippen LogP contribution in [0.5, 0.6) is 11.5 Å². The van der Waals surface area contributed by atoms with Crippen LogP contribution in [0.2, 0.25) is 0 Å². The van der Waals surface area contributed by atoms with E-state index < -0.39 is 0 Å². The molecule has 0 aromatic heterocycles. The molecule has 4 rings (SSSR count). The third-order valence-corrected chi connectivity index (χ3v) is 6.27. The Morgan fingerprint density at radius 3 is 2.52 bits per heavy atom. The summed E-state index contributed by atoms with van der Waals surface area (Å²) in [7, 11) is 0. The molecule has 0 unspecified atom stereocenters. The minimum absolute atomic E-state index is 0.0773. The van der Waals surface area contributed by atoms with Crippen molar-refractivity contribution >= 4 is 5.91 Å². The summed E-state index contributed by atoms with van der Waals surface area (Å²) < 4.78 is 10.9. The van der Waals surface area contributed by atoms with Crippen LogP contribution in [0.3, 0.4) is 0 Å². The van der Waals surface area contributed by atoms with Gasteiger partial charge >= 0.3 is 0 Å². The van der Waals surface area contributed by atoms with E-state index in [1.165, 1.54) is 11.1 Å². The van der Waals surface area contributed by atoms with Crippen molar-refractivity contribution in [3.63, 3.8) is 0 Å². The van der Waals surface area contributed by atoms with Gasteiger partial charge in [0, 0.05) is 32.7 Å². The molecule has 2 aliphatic rings. The van der Waals surface area contributed by atoms with Crippen LogP contribution in [0.15, 0.2) is 48.5 Å². The molecule has 31 heavy (non-hydrogen) atoms. The van der Waals surface area contributed by atoms with Gasteiger partial charge < -0.3 is 14.8 Å². The third kappa shape index (κ3) is 5.38. The highest BCUT2D eigenvalue weighted by Crippen LogP contribution is 2.32. The zero-order valence-electron chi connectivity index (χ0n) is 18.5. The van der Waals surface area contributed by atoms with Gasteiger partial charge in [-0.15, -0.1) is 0 Å². The molecular formula is C25H33N3O3. The second-order valence-corrected chi connectivity index (χ2v) is 8.44. The average Bonchev–Trinajstić information content (AvgIpc) is 3.27. The maximum absolute atomic E-state index is 13.0. The van der Waals surface area contributed by atoms with E-state index in [1.807, 2.05) is 31.2 Å². The van der Waals surface area contributed by atoms with Crippen LogP contribution in [-0.4, -0.2) is 54.7 Å². The molecule has 1 fully saturated rings. The van der Waals surface area contributed by atoms with Crippen molar-refractivity contribution in [2.45, 2.75) is 45.3 Å². The first kappa shape index (κ1) is 21.7. The summed E-state index contributed by atoms with van der Waals surface area (Å²) in [6, 6.07) is 16.4. The highest BCUT2D eigenvalue weighted by Gasteiger charge is 2.27. The Labute approximate surface area is 185 Å². The molecule has 166 valence electrons. The summed E-state index contributed by atoms with van der Waals surface area (Å²) in [5.41, 5.74) is 2.41. The number of carbonyl (C=O) groups excluding carboxylic acids is 1. The Morgan fingerprint density at radius 2 is 1.77 bits per heavy atom. The minimum atomic E-state index is -0.129. The van der Waals surface area contributed by atoms with E-state index in [2.05, 4.69) is 46.3 Å². The van der Waals surface area contributed by atoms with Crippen molar-refractivity contribution in [2.75, 3.05) is 33.0 Å². The molecule has 2 aliphatic heterocycles. The molecule has 0 bridgehead atoms. The summed E-state index contributed by atoms with van der Waals surface area (Å²) in [4.78, 5) is 17.7. The van der Waals surface area contributed by atoms with Crippen molar-refractivity contribution in [1.29, 1.82) is 0 Å². The fourth-order valence-electron chi connectivity index (χ4n) is 4.36. The molecule has 2 aromatic rings. The largest absolute Gasteiger partial charge is 0.454 e. The van der Waals surface area contributed by atoms with Crippen molar-refractivity contribution in [2.24, 2.45) is 0 Å². The van der Waals surface area contributed by atoms with Crippen LogP contribution >= 0.6 is 0 Å². The third-order valence-electron chi connectivity index (χ3n) is 6.27. The van der Waals surface area contributed by atoms with Gasteiger partial charge in [-0.1, -0.05) is 49.7 Å². The topological polar surface area (TPSA) is 54.0 Å². The predicted octanol–water partition coefficient (Wildman–Crippen LogP) is 3.58. The molecule has 0 saturated carbocycles. The van der Waals surface area contributed by atoms with E-state index in [9.17, 15) is 4.79 Å². The van der Waals surface area contributed by atoms with Crippen molar-refractivity contribution in [3.8, 4) is 11.5 Å². The molecule has 0 aliphatic carbocycles. The van der Waals surface area contributed by atoms with E-state index in [1.54, 1.807) is 0 Å². The van der Waals surface area contributed by atoms with Gasteiger partial charge in [-0.25, -0.2) is 0 Å². The van der Waals surface area contributed by atoms with E-state index in [0.29, 0.717) is 6.79 Å². The van der Waals surface area contributed by atoms with Gasteiger partial charge in [0.05, 0.1) is 12.1 Å². The molecule has 0 radical (unpaired) electrons. The number of amides is 1. The monoisotopic (exact) mass is 423 g/mol. The molecule has 2 heterocycles. The first-order valence-electron chi connectivity index (χ1n) is 11.3. The number of piperazine rings is 1. The quantitative estimate of drug-likeness (QED) is 0.703. The number of hydrogen-bond donors (Lipinski definition) is 1. The van der Waals surface area contributed by atoms with Crippen LogP contribution in [0.25, 0.3) is 0 Å². The van der Waals surface area contributed by atoms with E-state index in [0.717, 1.165) is 57.1 Å². The summed E-state index contributed by atoms with van der Waals surface area (Å²) in [6.45, 7) is 9.05. The second kappa shape index (κ2) is 10.2. The number of fused-ring (bicyclic) bond motifs is 1. The Bertz CT molecular complexity index is 866. The number of hydrogen-bond acceptors (Lipinski definition) is 5.